The third kappa shape index (κ3) is 9.78. The standard InChI is InChI=1S/C15H31N3O2/c1-5-12(2)18-14(20)7-11-17-13(19)6-8-15(3,4)9-10-16/h12H,5-11,16H2,1-4H3,(H,17,19)(H,18,20). The number of carbonyl (C=O) groups is 2. The largest absolute Gasteiger partial charge is 0.356 e. The molecule has 5 heteroatoms. The van der Waals surface area contributed by atoms with Gasteiger partial charge in [0.25, 0.3) is 0 Å². The Hall–Kier alpha value is -1.10. The molecule has 1 atom stereocenters. The van der Waals surface area contributed by atoms with E-state index in [2.05, 4.69) is 24.5 Å². The van der Waals surface area contributed by atoms with Crippen LogP contribution >= 0.6 is 0 Å². The molecule has 4 N–H and O–H groups in total. The van der Waals surface area contributed by atoms with Gasteiger partial charge < -0.3 is 16.4 Å². The van der Waals surface area contributed by atoms with Gasteiger partial charge in [0.1, 0.15) is 0 Å². The van der Waals surface area contributed by atoms with Crippen molar-refractivity contribution in [1.29, 1.82) is 0 Å². The molecule has 0 aromatic rings. The minimum absolute atomic E-state index is 0.00596. The molecule has 0 heterocycles. The van der Waals surface area contributed by atoms with E-state index in [4.69, 9.17) is 5.73 Å². The second-order valence-corrected chi connectivity index (χ2v) is 6.18. The fourth-order valence-electron chi connectivity index (χ4n) is 1.82. The van der Waals surface area contributed by atoms with Crippen molar-refractivity contribution in [2.45, 2.75) is 65.8 Å². The third-order valence-electron chi connectivity index (χ3n) is 3.54. The molecule has 0 rings (SSSR count). The first-order valence-corrected chi connectivity index (χ1v) is 7.57. The molecule has 0 spiro atoms. The zero-order chi connectivity index (χ0) is 15.6. The lowest BCUT2D eigenvalue weighted by Crippen LogP contribution is -2.35. The van der Waals surface area contributed by atoms with Crippen LogP contribution in [0.1, 0.15) is 59.8 Å². The summed E-state index contributed by atoms with van der Waals surface area (Å²) in [5.74, 6) is -0.00505. The molecule has 0 fully saturated rings. The van der Waals surface area contributed by atoms with E-state index in [1.54, 1.807) is 0 Å². The zero-order valence-corrected chi connectivity index (χ0v) is 13.4. The van der Waals surface area contributed by atoms with Gasteiger partial charge in [-0.1, -0.05) is 20.8 Å². The maximum Gasteiger partial charge on any atom is 0.221 e. The van der Waals surface area contributed by atoms with Crippen LogP contribution in [-0.2, 0) is 9.59 Å². The molecule has 118 valence electrons. The molecule has 0 aliphatic heterocycles. The van der Waals surface area contributed by atoms with Crippen LogP contribution in [0.25, 0.3) is 0 Å². The average Bonchev–Trinajstić information content (AvgIpc) is 2.36. The first kappa shape index (κ1) is 18.9. The number of rotatable bonds is 10. The highest BCUT2D eigenvalue weighted by molar-refractivity contribution is 5.79. The SMILES string of the molecule is CCC(C)NC(=O)CCNC(=O)CCC(C)(C)CCN. The van der Waals surface area contributed by atoms with Crippen LogP contribution in [0.15, 0.2) is 0 Å². The van der Waals surface area contributed by atoms with Gasteiger partial charge >= 0.3 is 0 Å². The van der Waals surface area contributed by atoms with Gasteiger partial charge in [0.15, 0.2) is 0 Å². The minimum atomic E-state index is -0.0110. The first-order chi connectivity index (χ1) is 9.30. The average molecular weight is 285 g/mol. The summed E-state index contributed by atoms with van der Waals surface area (Å²) in [6.07, 6.45) is 3.46. The van der Waals surface area contributed by atoms with Crippen LogP contribution in [0.2, 0.25) is 0 Å². The van der Waals surface area contributed by atoms with Crippen LogP contribution in [0, 0.1) is 5.41 Å². The number of nitrogens with two attached hydrogens (primary N) is 1. The van der Waals surface area contributed by atoms with Crippen LogP contribution in [0.5, 0.6) is 0 Å². The molecule has 2 amide bonds. The Morgan fingerprint density at radius 3 is 2.35 bits per heavy atom. The van der Waals surface area contributed by atoms with Gasteiger partial charge in [0.05, 0.1) is 0 Å². The molecule has 0 saturated heterocycles. The number of hydrogen-bond acceptors (Lipinski definition) is 3. The summed E-state index contributed by atoms with van der Waals surface area (Å²) in [4.78, 5) is 23.2. The van der Waals surface area contributed by atoms with E-state index in [9.17, 15) is 9.59 Å². The highest BCUT2D eigenvalue weighted by Crippen LogP contribution is 2.25. The van der Waals surface area contributed by atoms with Gasteiger partial charge in [0.2, 0.25) is 11.8 Å². The Labute approximate surface area is 123 Å². The van der Waals surface area contributed by atoms with E-state index >= 15 is 0 Å². The maximum absolute atomic E-state index is 11.7. The molecular formula is C15H31N3O2. The summed E-state index contributed by atoms with van der Waals surface area (Å²) in [6, 6.07) is 0.190. The highest BCUT2D eigenvalue weighted by Gasteiger charge is 2.18. The molecule has 0 bridgehead atoms. The normalized spacial score (nSPS) is 12.8. The third-order valence-corrected chi connectivity index (χ3v) is 3.54. The van der Waals surface area contributed by atoms with Crippen LogP contribution in [-0.4, -0.2) is 30.9 Å². The number of hydrogen-bond donors (Lipinski definition) is 3. The summed E-state index contributed by atoms with van der Waals surface area (Å²) >= 11 is 0. The number of amides is 2. The van der Waals surface area contributed by atoms with Crippen molar-refractivity contribution in [3.8, 4) is 0 Å². The second-order valence-electron chi connectivity index (χ2n) is 6.18. The fourth-order valence-corrected chi connectivity index (χ4v) is 1.82. The van der Waals surface area contributed by atoms with Crippen LogP contribution in [0.4, 0.5) is 0 Å². The summed E-state index contributed by atoms with van der Waals surface area (Å²) in [7, 11) is 0. The van der Waals surface area contributed by atoms with E-state index in [0.29, 0.717) is 25.9 Å². The molecule has 20 heavy (non-hydrogen) atoms. The van der Waals surface area contributed by atoms with E-state index in [1.165, 1.54) is 0 Å². The maximum atomic E-state index is 11.7. The summed E-state index contributed by atoms with van der Waals surface area (Å²) in [6.45, 7) is 9.27. The van der Waals surface area contributed by atoms with Crippen molar-refractivity contribution in [2.75, 3.05) is 13.1 Å². The molecule has 0 aromatic heterocycles. The van der Waals surface area contributed by atoms with E-state index in [0.717, 1.165) is 19.3 Å². The van der Waals surface area contributed by atoms with Crippen molar-refractivity contribution in [1.82, 2.24) is 10.6 Å². The molecule has 0 saturated carbocycles. The predicted octanol–water partition coefficient (Wildman–Crippen LogP) is 1.56. The van der Waals surface area contributed by atoms with Crippen molar-refractivity contribution < 1.29 is 9.59 Å². The summed E-state index contributed by atoms with van der Waals surface area (Å²) < 4.78 is 0. The second kappa shape index (κ2) is 9.75. The Balaban J connectivity index is 3.76. The van der Waals surface area contributed by atoms with Gasteiger partial charge in [-0.25, -0.2) is 0 Å². The molecule has 0 radical (unpaired) electrons. The fraction of sp³-hybridized carbons (Fsp3) is 0.867. The quantitative estimate of drug-likeness (QED) is 0.569. The monoisotopic (exact) mass is 285 g/mol. The van der Waals surface area contributed by atoms with Gasteiger partial charge in [0, 0.05) is 25.4 Å². The Morgan fingerprint density at radius 1 is 1.15 bits per heavy atom. The van der Waals surface area contributed by atoms with E-state index < -0.39 is 0 Å². The van der Waals surface area contributed by atoms with Crippen LogP contribution < -0.4 is 16.4 Å². The van der Waals surface area contributed by atoms with Crippen molar-refractivity contribution in [3.05, 3.63) is 0 Å². The molecule has 0 aliphatic carbocycles. The smallest absolute Gasteiger partial charge is 0.221 e. The molecule has 1 unspecified atom stereocenters. The molecule has 0 aliphatic rings. The topological polar surface area (TPSA) is 84.2 Å². The van der Waals surface area contributed by atoms with E-state index in [1.807, 2.05) is 13.8 Å². The zero-order valence-electron chi connectivity index (χ0n) is 13.4. The minimum Gasteiger partial charge on any atom is -0.356 e. The Bertz CT molecular complexity index is 303. The molecule has 0 aromatic carbocycles. The number of nitrogens with one attached hydrogen (secondary N) is 2. The van der Waals surface area contributed by atoms with Crippen molar-refractivity contribution in [2.24, 2.45) is 11.1 Å². The predicted molar refractivity (Wildman–Crippen MR) is 82.2 cm³/mol. The van der Waals surface area contributed by atoms with Gasteiger partial charge in [-0.05, 0) is 38.1 Å². The van der Waals surface area contributed by atoms with Gasteiger partial charge in [-0.3, -0.25) is 9.59 Å². The van der Waals surface area contributed by atoms with Crippen LogP contribution in [0.3, 0.4) is 0 Å². The molecule has 5 nitrogen and oxygen atoms in total. The molecular weight excluding hydrogens is 254 g/mol. The highest BCUT2D eigenvalue weighted by atomic mass is 16.2. The van der Waals surface area contributed by atoms with Gasteiger partial charge in [-0.15, -0.1) is 0 Å². The Kier molecular flexibility index (Phi) is 9.21. The lowest BCUT2D eigenvalue weighted by molar-refractivity contribution is -0.122. The first-order valence-electron chi connectivity index (χ1n) is 7.57. The van der Waals surface area contributed by atoms with Crippen molar-refractivity contribution in [3.63, 3.8) is 0 Å². The van der Waals surface area contributed by atoms with E-state index in [-0.39, 0.29) is 23.3 Å². The Morgan fingerprint density at radius 2 is 1.80 bits per heavy atom. The van der Waals surface area contributed by atoms with Crippen molar-refractivity contribution >= 4 is 11.8 Å². The number of carbonyl (C=O) groups excluding carboxylic acids is 2. The lowest BCUT2D eigenvalue weighted by atomic mass is 9.84. The summed E-state index contributed by atoms with van der Waals surface area (Å²) in [5, 5.41) is 5.66. The lowest BCUT2D eigenvalue weighted by Gasteiger charge is -2.23. The summed E-state index contributed by atoms with van der Waals surface area (Å²) in [5.41, 5.74) is 5.64. The van der Waals surface area contributed by atoms with Gasteiger partial charge in [-0.2, -0.15) is 0 Å².